The Labute approximate surface area is 131 Å². The maximum Gasteiger partial charge on any atom is 0.337 e. The molecule has 118 valence electrons. The van der Waals surface area contributed by atoms with Gasteiger partial charge in [-0.15, -0.1) is 0 Å². The zero-order chi connectivity index (χ0) is 16.2. The summed E-state index contributed by atoms with van der Waals surface area (Å²) in [7, 11) is -4.79. The molecule has 2 atom stereocenters. The molecule has 9 heteroatoms. The number of aromatic carboxylic acids is 1. The number of benzene rings is 1. The summed E-state index contributed by atoms with van der Waals surface area (Å²) < 4.78 is 37.7. The monoisotopic (exact) mass is 353 g/mol. The van der Waals surface area contributed by atoms with Gasteiger partial charge in [0.15, 0.2) is 0 Å². The lowest BCUT2D eigenvalue weighted by Crippen LogP contribution is -2.33. The molecule has 0 saturated carbocycles. The maximum absolute atomic E-state index is 12.1. The first-order valence-electron chi connectivity index (χ1n) is 5.98. The smallest absolute Gasteiger partial charge is 0.337 e. The van der Waals surface area contributed by atoms with Crippen molar-refractivity contribution in [1.29, 1.82) is 0 Å². The lowest BCUT2D eigenvalue weighted by molar-refractivity contribution is 0.0697. The van der Waals surface area contributed by atoms with Crippen molar-refractivity contribution in [3.05, 3.63) is 28.8 Å². The van der Waals surface area contributed by atoms with Crippen LogP contribution in [0.3, 0.4) is 0 Å². The number of carboxylic acids is 1. The van der Waals surface area contributed by atoms with Gasteiger partial charge in [0.05, 0.1) is 15.5 Å². The summed E-state index contributed by atoms with van der Waals surface area (Å²) >= 11 is 5.76. The second-order valence-electron chi connectivity index (χ2n) is 4.54. The van der Waals surface area contributed by atoms with Crippen molar-refractivity contribution in [3.63, 3.8) is 0 Å². The molecule has 0 saturated heterocycles. The molecular formula is C12H16ClNO5S2. The van der Waals surface area contributed by atoms with E-state index in [0.29, 0.717) is 12.2 Å². The summed E-state index contributed by atoms with van der Waals surface area (Å²) in [6.07, 6.45) is 1.98. The Hall–Kier alpha value is -0.960. The van der Waals surface area contributed by atoms with Crippen molar-refractivity contribution in [2.24, 2.45) is 0 Å². The molecule has 1 aromatic rings. The quantitative estimate of drug-likeness (QED) is 0.773. The van der Waals surface area contributed by atoms with Gasteiger partial charge in [0.2, 0.25) is 10.0 Å². The third-order valence-electron chi connectivity index (χ3n) is 2.68. The van der Waals surface area contributed by atoms with Gasteiger partial charge in [0, 0.05) is 28.9 Å². The number of nitrogens with one attached hydrogen (secondary N) is 1. The second-order valence-corrected chi connectivity index (χ2v) is 8.21. The molecular weight excluding hydrogens is 338 g/mol. The van der Waals surface area contributed by atoms with Crippen molar-refractivity contribution < 1.29 is 22.5 Å². The third kappa shape index (κ3) is 5.39. The van der Waals surface area contributed by atoms with Crippen LogP contribution in [0.1, 0.15) is 23.7 Å². The van der Waals surface area contributed by atoms with E-state index < -0.39 is 32.8 Å². The van der Waals surface area contributed by atoms with E-state index in [0.717, 1.165) is 12.1 Å². The van der Waals surface area contributed by atoms with E-state index in [1.807, 2.05) is 0 Å². The van der Waals surface area contributed by atoms with Gasteiger partial charge >= 0.3 is 5.97 Å². The molecule has 1 aromatic carbocycles. The Bertz CT molecular complexity index is 660. The lowest BCUT2D eigenvalue weighted by Gasteiger charge is -2.14. The average Bonchev–Trinajstić information content (AvgIpc) is 2.35. The first-order chi connectivity index (χ1) is 9.63. The minimum Gasteiger partial charge on any atom is -0.478 e. The fourth-order valence-corrected chi connectivity index (χ4v) is 3.89. The van der Waals surface area contributed by atoms with Crippen molar-refractivity contribution in [1.82, 2.24) is 4.72 Å². The minimum absolute atomic E-state index is 0.109. The maximum atomic E-state index is 12.1. The van der Waals surface area contributed by atoms with Gasteiger partial charge in [-0.2, -0.15) is 0 Å². The summed E-state index contributed by atoms with van der Waals surface area (Å²) in [5.74, 6) is -0.835. The molecule has 0 radical (unpaired) electrons. The molecule has 0 aliphatic heterocycles. The summed E-state index contributed by atoms with van der Waals surface area (Å²) in [5, 5.41) is 8.70. The first kappa shape index (κ1) is 18.1. The fraction of sp³-hybridized carbons (Fsp3) is 0.417. The van der Waals surface area contributed by atoms with Gasteiger partial charge in [-0.3, -0.25) is 4.21 Å². The third-order valence-corrected chi connectivity index (χ3v) is 5.39. The van der Waals surface area contributed by atoms with Gasteiger partial charge < -0.3 is 5.11 Å². The lowest BCUT2D eigenvalue weighted by atomic mass is 10.2. The van der Waals surface area contributed by atoms with Crippen molar-refractivity contribution >= 4 is 38.4 Å². The summed E-state index contributed by atoms with van der Waals surface area (Å²) in [6.45, 7) is 1.66. The molecule has 0 amide bonds. The molecule has 6 nitrogen and oxygen atoms in total. The Morgan fingerprint density at radius 3 is 2.57 bits per heavy atom. The average molecular weight is 354 g/mol. The number of carboxylic acid groups (broad SMARTS) is 1. The topological polar surface area (TPSA) is 101 Å². The van der Waals surface area contributed by atoms with Gasteiger partial charge in [-0.05, 0) is 31.5 Å². The van der Waals surface area contributed by atoms with E-state index in [1.54, 1.807) is 13.2 Å². The molecule has 0 aromatic heterocycles. The number of hydrogen-bond acceptors (Lipinski definition) is 4. The van der Waals surface area contributed by atoms with Gasteiger partial charge in [0.25, 0.3) is 0 Å². The second kappa shape index (κ2) is 7.35. The minimum atomic E-state index is -3.80. The molecule has 2 unspecified atom stereocenters. The van der Waals surface area contributed by atoms with E-state index in [2.05, 4.69) is 4.72 Å². The summed E-state index contributed by atoms with van der Waals surface area (Å²) in [6, 6.07) is 3.03. The van der Waals surface area contributed by atoms with E-state index in [4.69, 9.17) is 16.7 Å². The van der Waals surface area contributed by atoms with Crippen molar-refractivity contribution in [2.45, 2.75) is 24.3 Å². The normalized spacial score (nSPS) is 14.6. The van der Waals surface area contributed by atoms with E-state index in [-0.39, 0.29) is 15.5 Å². The molecule has 2 N–H and O–H groups in total. The molecule has 0 aliphatic rings. The highest BCUT2D eigenvalue weighted by Crippen LogP contribution is 2.21. The Morgan fingerprint density at radius 2 is 2.10 bits per heavy atom. The van der Waals surface area contributed by atoms with E-state index >= 15 is 0 Å². The predicted octanol–water partition coefficient (Wildman–Crippen LogP) is 1.47. The Morgan fingerprint density at radius 1 is 1.48 bits per heavy atom. The van der Waals surface area contributed by atoms with Crippen LogP contribution in [-0.4, -0.2) is 41.8 Å². The van der Waals surface area contributed by atoms with Crippen molar-refractivity contribution in [2.75, 3.05) is 12.0 Å². The Balaban J connectivity index is 2.90. The highest BCUT2D eigenvalue weighted by atomic mass is 35.5. The van der Waals surface area contributed by atoms with E-state index in [1.165, 1.54) is 6.07 Å². The molecule has 0 bridgehead atoms. The predicted molar refractivity (Wildman–Crippen MR) is 81.7 cm³/mol. The number of sulfonamides is 1. The number of hydrogen-bond donors (Lipinski definition) is 2. The number of rotatable bonds is 7. The van der Waals surface area contributed by atoms with E-state index in [9.17, 15) is 17.4 Å². The van der Waals surface area contributed by atoms with Gasteiger partial charge in [-0.25, -0.2) is 17.9 Å². The van der Waals surface area contributed by atoms with Crippen LogP contribution < -0.4 is 4.72 Å². The molecule has 21 heavy (non-hydrogen) atoms. The Kier molecular flexibility index (Phi) is 6.33. The fourth-order valence-electron chi connectivity index (χ4n) is 1.57. The SMILES string of the molecule is CC(CCS(C)=O)NS(=O)(=O)c1ccc(C(=O)O)c(Cl)c1. The van der Waals surface area contributed by atoms with Crippen LogP contribution in [0.15, 0.2) is 23.1 Å². The number of halogens is 1. The standard InChI is InChI=1S/C12H16ClNO5S2/c1-8(5-6-20(2)17)14-21(18,19)9-3-4-10(12(15)16)11(13)7-9/h3-4,7-8,14H,5-6H2,1-2H3,(H,15,16). The van der Waals surface area contributed by atoms with Crippen LogP contribution in [0.4, 0.5) is 0 Å². The molecule has 1 rings (SSSR count). The van der Waals surface area contributed by atoms with Gasteiger partial charge in [0.1, 0.15) is 0 Å². The first-order valence-corrected chi connectivity index (χ1v) is 9.57. The largest absolute Gasteiger partial charge is 0.478 e. The van der Waals surface area contributed by atoms with Crippen molar-refractivity contribution in [3.8, 4) is 0 Å². The highest BCUT2D eigenvalue weighted by molar-refractivity contribution is 7.89. The zero-order valence-electron chi connectivity index (χ0n) is 11.5. The molecule has 0 heterocycles. The zero-order valence-corrected chi connectivity index (χ0v) is 13.9. The van der Waals surface area contributed by atoms with Crippen LogP contribution in [0.2, 0.25) is 5.02 Å². The van der Waals surface area contributed by atoms with Crippen LogP contribution in [0.5, 0.6) is 0 Å². The number of carbonyl (C=O) groups is 1. The van der Waals surface area contributed by atoms with Gasteiger partial charge in [-0.1, -0.05) is 11.6 Å². The molecule has 0 fully saturated rings. The van der Waals surface area contributed by atoms with Crippen LogP contribution in [-0.2, 0) is 20.8 Å². The summed E-state index contributed by atoms with van der Waals surface area (Å²) in [5.41, 5.74) is -0.162. The molecule has 0 aliphatic carbocycles. The highest BCUT2D eigenvalue weighted by Gasteiger charge is 2.20. The van der Waals surface area contributed by atoms with Crippen LogP contribution in [0.25, 0.3) is 0 Å². The van der Waals surface area contributed by atoms with Crippen LogP contribution >= 0.6 is 11.6 Å². The summed E-state index contributed by atoms with van der Waals surface area (Å²) in [4.78, 5) is 10.7. The van der Waals surface area contributed by atoms with Crippen LogP contribution in [0, 0.1) is 0 Å². The molecule has 0 spiro atoms.